The largest absolute Gasteiger partial charge is 0.439 e. The third kappa shape index (κ3) is 5.06. The predicted molar refractivity (Wildman–Crippen MR) is 104 cm³/mol. The summed E-state index contributed by atoms with van der Waals surface area (Å²) < 4.78 is 57.5. The van der Waals surface area contributed by atoms with E-state index in [1.807, 2.05) is 0 Å². The Balaban J connectivity index is 1.30. The van der Waals surface area contributed by atoms with Gasteiger partial charge in [-0.25, -0.2) is 9.37 Å². The van der Waals surface area contributed by atoms with Crippen molar-refractivity contribution in [2.75, 3.05) is 26.2 Å². The molecule has 1 fully saturated rings. The second kappa shape index (κ2) is 8.57. The van der Waals surface area contributed by atoms with Gasteiger partial charge in [0, 0.05) is 38.3 Å². The molecule has 1 aliphatic rings. The van der Waals surface area contributed by atoms with Crippen molar-refractivity contribution in [1.82, 2.24) is 14.8 Å². The fourth-order valence-corrected chi connectivity index (χ4v) is 3.53. The zero-order chi connectivity index (χ0) is 21.1. The first-order chi connectivity index (χ1) is 14.4. The van der Waals surface area contributed by atoms with Gasteiger partial charge in [0.05, 0.1) is 18.3 Å². The molecule has 158 valence electrons. The number of rotatable bonds is 5. The molecule has 0 radical (unpaired) electrons. The molecule has 0 amide bonds. The maximum atomic E-state index is 13.1. The summed E-state index contributed by atoms with van der Waals surface area (Å²) in [5, 5.41) is 0. The van der Waals surface area contributed by atoms with E-state index in [2.05, 4.69) is 14.8 Å². The minimum absolute atomic E-state index is 0.304. The minimum atomic E-state index is -4.32. The summed E-state index contributed by atoms with van der Waals surface area (Å²) in [5.74, 6) is 0.871. The maximum Gasteiger partial charge on any atom is 0.416 e. The Labute approximate surface area is 171 Å². The molecule has 0 atom stereocenters. The van der Waals surface area contributed by atoms with Crippen LogP contribution in [0.25, 0.3) is 11.3 Å². The molecule has 0 saturated carbocycles. The fourth-order valence-electron chi connectivity index (χ4n) is 3.53. The van der Waals surface area contributed by atoms with E-state index in [1.54, 1.807) is 24.4 Å². The molecule has 0 bridgehead atoms. The van der Waals surface area contributed by atoms with Crippen LogP contribution in [0.15, 0.2) is 59.1 Å². The van der Waals surface area contributed by atoms with E-state index in [9.17, 15) is 17.6 Å². The van der Waals surface area contributed by atoms with Gasteiger partial charge in [0.15, 0.2) is 5.76 Å². The average Bonchev–Trinajstić information content (AvgIpc) is 3.18. The lowest BCUT2D eigenvalue weighted by Gasteiger charge is -2.34. The molecular weight excluding hydrogens is 398 g/mol. The van der Waals surface area contributed by atoms with Crippen molar-refractivity contribution >= 4 is 0 Å². The number of hydrogen-bond acceptors (Lipinski definition) is 4. The Morgan fingerprint density at radius 2 is 1.57 bits per heavy atom. The Morgan fingerprint density at radius 3 is 2.23 bits per heavy atom. The molecule has 1 saturated heterocycles. The Hall–Kier alpha value is -2.71. The fraction of sp³-hybridized carbons (Fsp3) is 0.318. The van der Waals surface area contributed by atoms with E-state index in [1.165, 1.54) is 24.3 Å². The number of nitrogens with zero attached hydrogens (tertiary/aromatic N) is 3. The van der Waals surface area contributed by atoms with Gasteiger partial charge in [-0.3, -0.25) is 9.80 Å². The van der Waals surface area contributed by atoms with Crippen LogP contribution in [-0.2, 0) is 19.3 Å². The minimum Gasteiger partial charge on any atom is -0.439 e. The van der Waals surface area contributed by atoms with Crippen molar-refractivity contribution in [3.8, 4) is 11.3 Å². The molecule has 2 aromatic carbocycles. The van der Waals surface area contributed by atoms with Crippen molar-refractivity contribution in [2.24, 2.45) is 0 Å². The third-order valence-electron chi connectivity index (χ3n) is 5.17. The quantitative estimate of drug-likeness (QED) is 0.556. The maximum absolute atomic E-state index is 13.1. The number of hydrogen-bond donors (Lipinski definition) is 0. The van der Waals surface area contributed by atoms with Gasteiger partial charge in [-0.1, -0.05) is 18.2 Å². The number of halogens is 4. The molecule has 4 rings (SSSR count). The van der Waals surface area contributed by atoms with Crippen LogP contribution in [0.5, 0.6) is 0 Å². The zero-order valence-corrected chi connectivity index (χ0v) is 16.2. The van der Waals surface area contributed by atoms with E-state index in [4.69, 9.17) is 4.42 Å². The normalized spacial score (nSPS) is 16.1. The van der Waals surface area contributed by atoms with Gasteiger partial charge in [0.2, 0.25) is 5.89 Å². The van der Waals surface area contributed by atoms with Gasteiger partial charge in [0.1, 0.15) is 5.82 Å². The van der Waals surface area contributed by atoms with Crippen LogP contribution < -0.4 is 0 Å². The first-order valence-corrected chi connectivity index (χ1v) is 9.68. The molecule has 3 aromatic rings. The number of piperazine rings is 1. The van der Waals surface area contributed by atoms with Crippen molar-refractivity contribution < 1.29 is 22.0 Å². The van der Waals surface area contributed by atoms with Gasteiger partial charge in [-0.2, -0.15) is 13.2 Å². The summed E-state index contributed by atoms with van der Waals surface area (Å²) in [6.07, 6.45) is -2.69. The van der Waals surface area contributed by atoms with Crippen molar-refractivity contribution in [3.63, 3.8) is 0 Å². The van der Waals surface area contributed by atoms with Gasteiger partial charge in [0.25, 0.3) is 0 Å². The molecule has 0 aliphatic carbocycles. The highest BCUT2D eigenvalue weighted by molar-refractivity contribution is 5.55. The highest BCUT2D eigenvalue weighted by Crippen LogP contribution is 2.30. The number of alkyl halides is 3. The van der Waals surface area contributed by atoms with Crippen LogP contribution in [-0.4, -0.2) is 41.0 Å². The number of aromatic nitrogens is 1. The van der Waals surface area contributed by atoms with Crippen LogP contribution >= 0.6 is 0 Å². The standard InChI is InChI=1S/C22H21F4N3O/c23-19-6-4-17(5-7-19)20-13-27-21(30-20)15-29-10-8-28(9-11-29)14-16-2-1-3-18(12-16)22(24,25)26/h1-7,12-13H,8-11,14-15H2. The topological polar surface area (TPSA) is 32.5 Å². The lowest BCUT2D eigenvalue weighted by molar-refractivity contribution is -0.137. The SMILES string of the molecule is Fc1ccc(-c2cnc(CN3CCN(Cc4cccc(C(F)(F)F)c4)CC3)o2)cc1. The highest BCUT2D eigenvalue weighted by Gasteiger charge is 2.30. The highest BCUT2D eigenvalue weighted by atomic mass is 19.4. The predicted octanol–water partition coefficient (Wildman–Crippen LogP) is 4.82. The lowest BCUT2D eigenvalue weighted by Crippen LogP contribution is -2.45. The van der Waals surface area contributed by atoms with E-state index < -0.39 is 11.7 Å². The molecule has 8 heteroatoms. The van der Waals surface area contributed by atoms with Gasteiger partial charge >= 0.3 is 6.18 Å². The molecule has 2 heterocycles. The zero-order valence-electron chi connectivity index (χ0n) is 16.2. The van der Waals surface area contributed by atoms with Crippen LogP contribution in [0.1, 0.15) is 17.0 Å². The van der Waals surface area contributed by atoms with Crippen molar-refractivity contribution in [2.45, 2.75) is 19.3 Å². The molecular formula is C22H21F4N3O. The molecule has 0 N–H and O–H groups in total. The summed E-state index contributed by atoms with van der Waals surface area (Å²) in [6, 6.07) is 11.5. The third-order valence-corrected chi connectivity index (χ3v) is 5.17. The molecule has 0 spiro atoms. The lowest BCUT2D eigenvalue weighted by atomic mass is 10.1. The molecule has 1 aromatic heterocycles. The van der Waals surface area contributed by atoms with Crippen LogP contribution in [0, 0.1) is 5.82 Å². The summed E-state index contributed by atoms with van der Waals surface area (Å²) >= 11 is 0. The summed E-state index contributed by atoms with van der Waals surface area (Å²) in [6.45, 7) is 4.09. The average molecular weight is 419 g/mol. The van der Waals surface area contributed by atoms with Gasteiger partial charge in [-0.05, 0) is 35.9 Å². The second-order valence-corrected chi connectivity index (χ2v) is 7.38. The number of benzene rings is 2. The summed E-state index contributed by atoms with van der Waals surface area (Å²) in [7, 11) is 0. The van der Waals surface area contributed by atoms with E-state index >= 15 is 0 Å². The first kappa shape index (κ1) is 20.6. The molecule has 0 unspecified atom stereocenters. The number of oxazole rings is 1. The van der Waals surface area contributed by atoms with Crippen molar-refractivity contribution in [1.29, 1.82) is 0 Å². The van der Waals surface area contributed by atoms with Crippen molar-refractivity contribution in [3.05, 3.63) is 77.6 Å². The van der Waals surface area contributed by atoms with E-state index in [0.29, 0.717) is 30.3 Å². The van der Waals surface area contributed by atoms with Crippen LogP contribution in [0.3, 0.4) is 0 Å². The molecule has 4 nitrogen and oxygen atoms in total. The summed E-state index contributed by atoms with van der Waals surface area (Å²) in [4.78, 5) is 8.65. The Bertz CT molecular complexity index is 977. The van der Waals surface area contributed by atoms with Gasteiger partial charge in [-0.15, -0.1) is 0 Å². The molecule has 1 aliphatic heterocycles. The Morgan fingerprint density at radius 1 is 0.900 bits per heavy atom. The van der Waals surface area contributed by atoms with Crippen LogP contribution in [0.2, 0.25) is 0 Å². The van der Waals surface area contributed by atoms with E-state index in [-0.39, 0.29) is 5.82 Å². The smallest absolute Gasteiger partial charge is 0.416 e. The summed E-state index contributed by atoms with van der Waals surface area (Å²) in [5.41, 5.74) is 0.815. The first-order valence-electron chi connectivity index (χ1n) is 9.68. The Kier molecular flexibility index (Phi) is 5.87. The van der Waals surface area contributed by atoms with Gasteiger partial charge < -0.3 is 4.42 Å². The van der Waals surface area contributed by atoms with Crippen LogP contribution in [0.4, 0.5) is 17.6 Å². The second-order valence-electron chi connectivity index (χ2n) is 7.38. The molecule has 30 heavy (non-hydrogen) atoms. The monoisotopic (exact) mass is 419 g/mol. The van der Waals surface area contributed by atoms with E-state index in [0.717, 1.165) is 37.8 Å².